The number of fused-ring (bicyclic) bond motifs is 18. The largest absolute Gasteiger partial charge is 0.376 e. The Hall–Kier alpha value is -6.92. The van der Waals surface area contributed by atoms with Gasteiger partial charge in [-0.1, -0.05) is 194 Å². The summed E-state index contributed by atoms with van der Waals surface area (Å²) in [6.07, 6.45) is 2.36. The number of hydrogen-bond donors (Lipinski definition) is 0. The molecule has 0 atom stereocenters. The molecule has 342 valence electrons. The summed E-state index contributed by atoms with van der Waals surface area (Å²) in [6, 6.07) is 71.4. The lowest BCUT2D eigenvalue weighted by atomic mass is 9.43. The number of para-hydroxylation sites is 2. The Labute approximate surface area is 423 Å². The van der Waals surface area contributed by atoms with E-state index in [4.69, 9.17) is 0 Å². The van der Waals surface area contributed by atoms with Gasteiger partial charge in [0.25, 0.3) is 0 Å². The van der Waals surface area contributed by atoms with Crippen LogP contribution < -0.4 is 41.4 Å². The topological polar surface area (TPSA) is 6.48 Å². The molecular weight excluding hydrogens is 892 g/mol. The van der Waals surface area contributed by atoms with Crippen LogP contribution in [0.5, 0.6) is 0 Å². The fourth-order valence-corrected chi connectivity index (χ4v) is 21.0. The Bertz CT molecular complexity index is 3920. The van der Waals surface area contributed by atoms with Crippen LogP contribution in [0.15, 0.2) is 182 Å². The van der Waals surface area contributed by atoms with Crippen molar-refractivity contribution < 1.29 is 0 Å². The standard InChI is InChI=1S/C66H55BN2SSi/c1-64(2,3)42-32-33-51(47(37-42)40-20-9-8-10-21-40)68-53-36-41-22-11-12-23-43(41)59-46-26-19-31-58-62(46)69(52-27-15-18-30-57(52)71(58)55-28-16-13-24-44(55)45-25-14-17-29-56(45)71)67(61(53)59)60-48-38-49-50(39-54(48)70-63(60)68)66(6,7)35-34-65(49,4)5/h8-33,36-39H,34-35H2,1-7H3. The Morgan fingerprint density at radius 3 is 1.86 bits per heavy atom. The Balaban J connectivity index is 1.13. The third kappa shape index (κ3) is 5.38. The van der Waals surface area contributed by atoms with Gasteiger partial charge in [-0.15, -0.1) is 11.3 Å². The molecule has 1 aromatic heterocycles. The maximum atomic E-state index is 2.86. The van der Waals surface area contributed by atoms with Crippen molar-refractivity contribution in [3.05, 3.63) is 199 Å². The first-order valence-electron chi connectivity index (χ1n) is 25.8. The van der Waals surface area contributed by atoms with Gasteiger partial charge >= 0.3 is 6.85 Å². The average molecular weight is 947 g/mol. The quantitative estimate of drug-likeness (QED) is 0.159. The van der Waals surface area contributed by atoms with E-state index in [1.807, 2.05) is 11.3 Å². The predicted molar refractivity (Wildman–Crippen MR) is 309 cm³/mol. The van der Waals surface area contributed by atoms with E-state index >= 15 is 0 Å². The number of thiophene rings is 1. The molecule has 1 aliphatic carbocycles. The van der Waals surface area contributed by atoms with Crippen LogP contribution in [0, 0.1) is 0 Å². The van der Waals surface area contributed by atoms with Gasteiger partial charge in [0.2, 0.25) is 0 Å². The van der Waals surface area contributed by atoms with Crippen molar-refractivity contribution in [1.29, 1.82) is 0 Å². The predicted octanol–water partition coefficient (Wildman–Crippen LogP) is 13.7. The highest BCUT2D eigenvalue weighted by Gasteiger charge is 2.58. The third-order valence-electron chi connectivity index (χ3n) is 17.7. The van der Waals surface area contributed by atoms with Crippen molar-refractivity contribution >= 4 is 107 Å². The fraction of sp³-hybridized carbons (Fsp3) is 0.182. The Kier molecular flexibility index (Phi) is 8.34. The Morgan fingerprint density at radius 2 is 1.13 bits per heavy atom. The summed E-state index contributed by atoms with van der Waals surface area (Å²) < 4.78 is 1.38. The van der Waals surface area contributed by atoms with E-state index in [1.54, 1.807) is 0 Å². The molecule has 5 heterocycles. The maximum absolute atomic E-state index is 2.86. The third-order valence-corrected chi connectivity index (χ3v) is 23.7. The van der Waals surface area contributed by atoms with Crippen molar-refractivity contribution in [1.82, 2.24) is 0 Å². The second-order valence-electron chi connectivity index (χ2n) is 23.4. The molecule has 0 radical (unpaired) electrons. The van der Waals surface area contributed by atoms with Gasteiger partial charge in [0.15, 0.2) is 8.07 Å². The smallest absolute Gasteiger partial charge is 0.334 e. The molecule has 5 aliphatic rings. The number of anilines is 5. The summed E-state index contributed by atoms with van der Waals surface area (Å²) in [7, 11) is -2.85. The molecule has 0 saturated heterocycles. The van der Waals surface area contributed by atoms with Crippen LogP contribution in [0.25, 0.3) is 54.2 Å². The minimum atomic E-state index is -2.85. The zero-order valence-corrected chi connectivity index (χ0v) is 43.4. The molecule has 0 amide bonds. The van der Waals surface area contributed by atoms with E-state index in [9.17, 15) is 0 Å². The summed E-state index contributed by atoms with van der Waals surface area (Å²) in [5, 5.41) is 11.3. The van der Waals surface area contributed by atoms with E-state index in [1.165, 1.54) is 143 Å². The summed E-state index contributed by atoms with van der Waals surface area (Å²) in [4.78, 5) is 5.58. The van der Waals surface area contributed by atoms with E-state index in [2.05, 4.69) is 240 Å². The van der Waals surface area contributed by atoms with E-state index in [-0.39, 0.29) is 23.1 Å². The molecule has 10 aromatic rings. The lowest BCUT2D eigenvalue weighted by Gasteiger charge is -2.51. The van der Waals surface area contributed by atoms with Crippen LogP contribution in [0.4, 0.5) is 27.8 Å². The lowest BCUT2D eigenvalue weighted by molar-refractivity contribution is 0.332. The minimum Gasteiger partial charge on any atom is -0.376 e. The number of hydrogen-bond acceptors (Lipinski definition) is 3. The van der Waals surface area contributed by atoms with Crippen LogP contribution >= 0.6 is 11.3 Å². The normalized spacial score (nSPS) is 16.8. The van der Waals surface area contributed by atoms with Gasteiger partial charge in [-0.25, -0.2) is 0 Å². The van der Waals surface area contributed by atoms with Crippen molar-refractivity contribution in [2.75, 3.05) is 9.71 Å². The number of benzene rings is 9. The molecule has 2 nitrogen and oxygen atoms in total. The average Bonchev–Trinajstić information content (AvgIpc) is 3.91. The highest BCUT2D eigenvalue weighted by molar-refractivity contribution is 7.27. The van der Waals surface area contributed by atoms with Crippen molar-refractivity contribution in [2.24, 2.45) is 0 Å². The minimum absolute atomic E-state index is 0.0251. The molecule has 9 aromatic carbocycles. The molecule has 15 rings (SSSR count). The Morgan fingerprint density at radius 1 is 0.507 bits per heavy atom. The molecule has 0 saturated carbocycles. The van der Waals surface area contributed by atoms with Crippen LogP contribution in [0.3, 0.4) is 0 Å². The summed E-state index contributed by atoms with van der Waals surface area (Å²) in [6.45, 7) is 16.9. The van der Waals surface area contributed by atoms with Crippen LogP contribution in [-0.4, -0.2) is 14.9 Å². The van der Waals surface area contributed by atoms with Gasteiger partial charge in [0.05, 0.1) is 10.7 Å². The van der Waals surface area contributed by atoms with Crippen molar-refractivity contribution in [2.45, 2.75) is 77.6 Å². The monoisotopic (exact) mass is 946 g/mol. The molecule has 0 bridgehead atoms. The molecule has 4 aliphatic heterocycles. The first-order chi connectivity index (χ1) is 34.4. The molecular formula is C66H55BN2SSi. The van der Waals surface area contributed by atoms with Gasteiger partial charge in [-0.2, -0.15) is 0 Å². The van der Waals surface area contributed by atoms with E-state index in [0.717, 1.165) is 0 Å². The lowest BCUT2D eigenvalue weighted by Crippen LogP contribution is -2.78. The van der Waals surface area contributed by atoms with Crippen LogP contribution in [0.2, 0.25) is 0 Å². The molecule has 0 unspecified atom stereocenters. The van der Waals surface area contributed by atoms with Gasteiger partial charge in [-0.3, -0.25) is 0 Å². The van der Waals surface area contributed by atoms with E-state index in [0.29, 0.717) is 0 Å². The zero-order chi connectivity index (χ0) is 47.9. The summed E-state index contributed by atoms with van der Waals surface area (Å²) in [5.74, 6) is 0. The van der Waals surface area contributed by atoms with Gasteiger partial charge < -0.3 is 9.71 Å². The second-order valence-corrected chi connectivity index (χ2v) is 28.1. The van der Waals surface area contributed by atoms with E-state index < -0.39 is 8.07 Å². The number of rotatable bonds is 2. The zero-order valence-electron chi connectivity index (χ0n) is 41.6. The van der Waals surface area contributed by atoms with Crippen LogP contribution in [-0.2, 0) is 16.2 Å². The SMILES string of the molecule is CC(C)(C)c1ccc(N2c3cc4ccccc4c4c3B(c3c2sc2cc5c(cc32)C(C)(C)CCC5(C)C)N2c3ccccc3[Si]3(c5ccccc5-c5ccccc53)c3cccc-4c32)c(-c2ccccc2)c1. The molecule has 1 spiro atoms. The maximum Gasteiger partial charge on any atom is 0.334 e. The highest BCUT2D eigenvalue weighted by atomic mass is 32.1. The second kappa shape index (κ2) is 14.1. The fourth-order valence-electron chi connectivity index (χ4n) is 14.1. The highest BCUT2D eigenvalue weighted by Crippen LogP contribution is 2.56. The summed E-state index contributed by atoms with van der Waals surface area (Å²) >= 11 is 2.01. The molecule has 5 heteroatoms. The molecule has 0 N–H and O–H groups in total. The first-order valence-corrected chi connectivity index (χ1v) is 28.6. The van der Waals surface area contributed by atoms with Gasteiger partial charge in [0, 0.05) is 32.9 Å². The number of nitrogens with zero attached hydrogens (tertiary/aromatic N) is 2. The summed E-state index contributed by atoms with van der Waals surface area (Å²) in [5.41, 5.74) is 20.5. The molecule has 0 fully saturated rings. The van der Waals surface area contributed by atoms with Crippen molar-refractivity contribution in [3.63, 3.8) is 0 Å². The van der Waals surface area contributed by atoms with Gasteiger partial charge in [0.1, 0.15) is 0 Å². The van der Waals surface area contributed by atoms with Crippen molar-refractivity contribution in [3.8, 4) is 33.4 Å². The first kappa shape index (κ1) is 41.8. The van der Waals surface area contributed by atoms with Crippen LogP contribution in [0.1, 0.15) is 78.0 Å². The molecule has 71 heavy (non-hydrogen) atoms. The van der Waals surface area contributed by atoms with Gasteiger partial charge in [-0.05, 0) is 152 Å².